The summed E-state index contributed by atoms with van der Waals surface area (Å²) >= 11 is 0. The van der Waals surface area contributed by atoms with Crippen LogP contribution in [0, 0.1) is 0 Å². The van der Waals surface area contributed by atoms with Crippen molar-refractivity contribution >= 4 is 0 Å². The molecule has 0 spiro atoms. The van der Waals surface area contributed by atoms with E-state index in [4.69, 9.17) is 9.47 Å². The SMILES string of the molecule is CCc1c(C(C)CO)ccc(OC)c1OC. The van der Waals surface area contributed by atoms with Gasteiger partial charge >= 0.3 is 0 Å². The summed E-state index contributed by atoms with van der Waals surface area (Å²) in [6, 6.07) is 3.89. The molecule has 3 heteroatoms. The van der Waals surface area contributed by atoms with Crippen LogP contribution in [0.4, 0.5) is 0 Å². The lowest BCUT2D eigenvalue weighted by Crippen LogP contribution is -2.05. The number of methoxy groups -OCH3 is 2. The van der Waals surface area contributed by atoms with Crippen molar-refractivity contribution in [1.29, 1.82) is 0 Å². The number of rotatable bonds is 5. The molecule has 90 valence electrons. The van der Waals surface area contributed by atoms with Gasteiger partial charge in [-0.15, -0.1) is 0 Å². The first-order valence-corrected chi connectivity index (χ1v) is 5.54. The molecule has 1 aromatic carbocycles. The van der Waals surface area contributed by atoms with E-state index in [1.54, 1.807) is 14.2 Å². The molecule has 1 atom stereocenters. The summed E-state index contributed by atoms with van der Waals surface area (Å²) in [5.74, 6) is 1.64. The summed E-state index contributed by atoms with van der Waals surface area (Å²) in [5.41, 5.74) is 2.24. The highest BCUT2D eigenvalue weighted by Gasteiger charge is 2.16. The molecule has 0 bridgehead atoms. The van der Waals surface area contributed by atoms with Crippen molar-refractivity contribution < 1.29 is 14.6 Å². The average molecular weight is 224 g/mol. The number of hydrogen-bond donors (Lipinski definition) is 1. The van der Waals surface area contributed by atoms with Crippen molar-refractivity contribution in [2.24, 2.45) is 0 Å². The molecule has 3 nitrogen and oxygen atoms in total. The molecule has 0 amide bonds. The highest BCUT2D eigenvalue weighted by atomic mass is 16.5. The van der Waals surface area contributed by atoms with Gasteiger partial charge in [0.1, 0.15) is 0 Å². The number of ether oxygens (including phenoxy) is 2. The summed E-state index contributed by atoms with van der Waals surface area (Å²) in [6.45, 7) is 4.22. The third kappa shape index (κ3) is 2.30. The van der Waals surface area contributed by atoms with Crippen molar-refractivity contribution in [3.05, 3.63) is 23.3 Å². The molecule has 0 aliphatic carbocycles. The van der Waals surface area contributed by atoms with Crippen LogP contribution in [0.2, 0.25) is 0 Å². The summed E-state index contributed by atoms with van der Waals surface area (Å²) < 4.78 is 10.6. The van der Waals surface area contributed by atoms with E-state index in [0.717, 1.165) is 29.0 Å². The molecule has 0 saturated carbocycles. The smallest absolute Gasteiger partial charge is 0.164 e. The number of aliphatic hydroxyl groups excluding tert-OH is 1. The Kier molecular flexibility index (Phi) is 4.62. The molecule has 0 saturated heterocycles. The lowest BCUT2D eigenvalue weighted by Gasteiger charge is -2.18. The lowest BCUT2D eigenvalue weighted by molar-refractivity contribution is 0.272. The van der Waals surface area contributed by atoms with Gasteiger partial charge in [-0.05, 0) is 18.1 Å². The van der Waals surface area contributed by atoms with E-state index in [1.807, 2.05) is 19.1 Å². The fraction of sp³-hybridized carbons (Fsp3) is 0.538. The Morgan fingerprint density at radius 2 is 1.94 bits per heavy atom. The van der Waals surface area contributed by atoms with Gasteiger partial charge in [-0.1, -0.05) is 19.9 Å². The standard InChI is InChI=1S/C13H20O3/c1-5-10-11(9(2)8-14)6-7-12(15-3)13(10)16-4/h6-7,9,14H,5,8H2,1-4H3. The van der Waals surface area contributed by atoms with E-state index in [-0.39, 0.29) is 12.5 Å². The van der Waals surface area contributed by atoms with Crippen molar-refractivity contribution in [2.75, 3.05) is 20.8 Å². The summed E-state index contributed by atoms with van der Waals surface area (Å²) in [6.07, 6.45) is 0.861. The molecule has 1 aromatic rings. The monoisotopic (exact) mass is 224 g/mol. The molecule has 0 heterocycles. The first-order valence-electron chi connectivity index (χ1n) is 5.54. The molecule has 0 aliphatic heterocycles. The Hall–Kier alpha value is -1.22. The molecule has 1 rings (SSSR count). The van der Waals surface area contributed by atoms with Crippen molar-refractivity contribution in [2.45, 2.75) is 26.2 Å². The van der Waals surface area contributed by atoms with Crippen LogP contribution in [0.5, 0.6) is 11.5 Å². The first-order chi connectivity index (χ1) is 7.69. The van der Waals surface area contributed by atoms with E-state index in [2.05, 4.69) is 6.92 Å². The fourth-order valence-electron chi connectivity index (χ4n) is 1.93. The van der Waals surface area contributed by atoms with Crippen LogP contribution in [0.15, 0.2) is 12.1 Å². The third-order valence-electron chi connectivity index (χ3n) is 2.84. The minimum Gasteiger partial charge on any atom is -0.493 e. The predicted octanol–water partition coefficient (Wildman–Crippen LogP) is 2.36. The van der Waals surface area contributed by atoms with Gasteiger partial charge in [-0.2, -0.15) is 0 Å². The van der Waals surface area contributed by atoms with E-state index in [1.165, 1.54) is 0 Å². The van der Waals surface area contributed by atoms with Crippen molar-refractivity contribution in [1.82, 2.24) is 0 Å². The van der Waals surface area contributed by atoms with Gasteiger partial charge in [0.15, 0.2) is 11.5 Å². The molecule has 0 aliphatic rings. The Balaban J connectivity index is 3.31. The third-order valence-corrected chi connectivity index (χ3v) is 2.84. The van der Waals surface area contributed by atoms with Crippen LogP contribution in [0.3, 0.4) is 0 Å². The summed E-state index contributed by atoms with van der Waals surface area (Å²) in [5, 5.41) is 9.23. The Morgan fingerprint density at radius 1 is 1.25 bits per heavy atom. The average Bonchev–Trinajstić information content (AvgIpc) is 2.35. The van der Waals surface area contributed by atoms with Crippen molar-refractivity contribution in [3.8, 4) is 11.5 Å². The maximum Gasteiger partial charge on any atom is 0.164 e. The topological polar surface area (TPSA) is 38.7 Å². The van der Waals surface area contributed by atoms with E-state index in [9.17, 15) is 5.11 Å². The van der Waals surface area contributed by atoms with Gasteiger partial charge in [-0.25, -0.2) is 0 Å². The molecule has 0 fully saturated rings. The normalized spacial score (nSPS) is 12.3. The molecular weight excluding hydrogens is 204 g/mol. The summed E-state index contributed by atoms with van der Waals surface area (Å²) in [4.78, 5) is 0. The molecule has 0 radical (unpaired) electrons. The Morgan fingerprint density at radius 3 is 2.38 bits per heavy atom. The highest BCUT2D eigenvalue weighted by Crippen LogP contribution is 2.36. The Bertz CT molecular complexity index is 347. The predicted molar refractivity (Wildman–Crippen MR) is 64.4 cm³/mol. The summed E-state index contributed by atoms with van der Waals surface area (Å²) in [7, 11) is 3.27. The van der Waals surface area contributed by atoms with E-state index in [0.29, 0.717) is 0 Å². The maximum atomic E-state index is 9.23. The second-order valence-corrected chi connectivity index (χ2v) is 3.81. The zero-order valence-corrected chi connectivity index (χ0v) is 10.4. The largest absolute Gasteiger partial charge is 0.493 e. The van der Waals surface area contributed by atoms with Gasteiger partial charge in [0.2, 0.25) is 0 Å². The molecule has 1 N–H and O–H groups in total. The van der Waals surface area contributed by atoms with Gasteiger partial charge in [0, 0.05) is 18.1 Å². The minimum atomic E-state index is 0.120. The van der Waals surface area contributed by atoms with Crippen LogP contribution in [-0.4, -0.2) is 25.9 Å². The van der Waals surface area contributed by atoms with Gasteiger partial charge in [-0.3, -0.25) is 0 Å². The number of hydrogen-bond acceptors (Lipinski definition) is 3. The Labute approximate surface area is 97.0 Å². The number of benzene rings is 1. The molecule has 0 aromatic heterocycles. The number of aliphatic hydroxyl groups is 1. The van der Waals surface area contributed by atoms with Crippen LogP contribution in [-0.2, 0) is 6.42 Å². The van der Waals surface area contributed by atoms with Crippen LogP contribution < -0.4 is 9.47 Å². The zero-order valence-electron chi connectivity index (χ0n) is 10.4. The van der Waals surface area contributed by atoms with Crippen LogP contribution in [0.25, 0.3) is 0 Å². The van der Waals surface area contributed by atoms with E-state index >= 15 is 0 Å². The van der Waals surface area contributed by atoms with Gasteiger partial charge < -0.3 is 14.6 Å². The van der Waals surface area contributed by atoms with Crippen LogP contribution >= 0.6 is 0 Å². The highest BCUT2D eigenvalue weighted by molar-refractivity contribution is 5.51. The van der Waals surface area contributed by atoms with E-state index < -0.39 is 0 Å². The molecule has 16 heavy (non-hydrogen) atoms. The lowest BCUT2D eigenvalue weighted by atomic mass is 9.94. The first kappa shape index (κ1) is 12.8. The zero-order chi connectivity index (χ0) is 12.1. The van der Waals surface area contributed by atoms with Crippen LogP contribution in [0.1, 0.15) is 30.9 Å². The fourth-order valence-corrected chi connectivity index (χ4v) is 1.93. The minimum absolute atomic E-state index is 0.120. The van der Waals surface area contributed by atoms with Gasteiger partial charge in [0.05, 0.1) is 14.2 Å². The van der Waals surface area contributed by atoms with Gasteiger partial charge in [0.25, 0.3) is 0 Å². The second kappa shape index (κ2) is 5.75. The molecule has 1 unspecified atom stereocenters. The molecular formula is C13H20O3. The van der Waals surface area contributed by atoms with Crippen molar-refractivity contribution in [3.63, 3.8) is 0 Å². The maximum absolute atomic E-state index is 9.23. The second-order valence-electron chi connectivity index (χ2n) is 3.81. The quantitative estimate of drug-likeness (QED) is 0.834.